The molecular formula is C26H26BrNO3. The highest BCUT2D eigenvalue weighted by atomic mass is 79.9. The van der Waals surface area contributed by atoms with E-state index in [2.05, 4.69) is 28.1 Å². The number of allylic oxidation sites excluding steroid dienone is 1. The first-order valence-electron chi connectivity index (χ1n) is 11.3. The zero-order chi connectivity index (χ0) is 21.0. The van der Waals surface area contributed by atoms with Gasteiger partial charge in [-0.2, -0.15) is 0 Å². The molecule has 1 spiro atoms. The van der Waals surface area contributed by atoms with Crippen molar-refractivity contribution >= 4 is 27.5 Å². The number of para-hydroxylation sites is 1. The Bertz CT molecular complexity index is 1050. The molecule has 160 valence electrons. The van der Waals surface area contributed by atoms with Crippen molar-refractivity contribution in [3.8, 4) is 5.75 Å². The van der Waals surface area contributed by atoms with E-state index in [0.717, 1.165) is 47.3 Å². The van der Waals surface area contributed by atoms with Crippen molar-refractivity contribution in [2.45, 2.75) is 43.8 Å². The Morgan fingerprint density at radius 2 is 1.94 bits per heavy atom. The van der Waals surface area contributed by atoms with Gasteiger partial charge in [-0.05, 0) is 62.3 Å². The monoisotopic (exact) mass is 479 g/mol. The first kappa shape index (κ1) is 19.6. The zero-order valence-electron chi connectivity index (χ0n) is 17.4. The van der Waals surface area contributed by atoms with Gasteiger partial charge in [-0.25, -0.2) is 0 Å². The van der Waals surface area contributed by atoms with Crippen molar-refractivity contribution in [2.75, 3.05) is 18.1 Å². The fourth-order valence-corrected chi connectivity index (χ4v) is 6.25. The molecule has 2 fully saturated rings. The number of carbonyl (C=O) groups is 1. The molecule has 5 heteroatoms. The number of rotatable bonds is 5. The Hall–Kier alpha value is -2.11. The van der Waals surface area contributed by atoms with Gasteiger partial charge < -0.3 is 14.4 Å². The van der Waals surface area contributed by atoms with Crippen LogP contribution in [0.1, 0.15) is 37.7 Å². The predicted molar refractivity (Wildman–Crippen MR) is 123 cm³/mol. The minimum absolute atomic E-state index is 0.106. The molecule has 6 rings (SSSR count). The lowest BCUT2D eigenvalue weighted by atomic mass is 9.74. The smallest absolute Gasteiger partial charge is 0.264 e. The summed E-state index contributed by atoms with van der Waals surface area (Å²) >= 11 is 3.78. The van der Waals surface area contributed by atoms with Gasteiger partial charge in [-0.1, -0.05) is 51.8 Å². The summed E-state index contributed by atoms with van der Waals surface area (Å²) < 4.78 is 13.9. The first-order valence-corrected chi connectivity index (χ1v) is 12.1. The van der Waals surface area contributed by atoms with Crippen molar-refractivity contribution in [3.63, 3.8) is 0 Å². The van der Waals surface area contributed by atoms with E-state index >= 15 is 0 Å². The molecule has 2 aliphatic carbocycles. The second-order valence-electron chi connectivity index (χ2n) is 9.21. The Labute approximate surface area is 191 Å². The maximum absolute atomic E-state index is 14.1. The van der Waals surface area contributed by atoms with Gasteiger partial charge in [0, 0.05) is 22.5 Å². The van der Waals surface area contributed by atoms with Gasteiger partial charge in [0.05, 0.1) is 11.8 Å². The van der Waals surface area contributed by atoms with Crippen LogP contribution in [0, 0.1) is 11.8 Å². The minimum Gasteiger partial charge on any atom is -0.491 e. The summed E-state index contributed by atoms with van der Waals surface area (Å²) in [5.41, 5.74) is 2.44. The number of anilines is 1. The maximum Gasteiger partial charge on any atom is 0.264 e. The average molecular weight is 480 g/mol. The topological polar surface area (TPSA) is 38.8 Å². The Morgan fingerprint density at radius 3 is 2.74 bits per heavy atom. The average Bonchev–Trinajstić information content (AvgIpc) is 3.43. The third-order valence-electron chi connectivity index (χ3n) is 7.15. The van der Waals surface area contributed by atoms with Gasteiger partial charge >= 0.3 is 0 Å². The molecule has 2 aromatic carbocycles. The minimum atomic E-state index is -0.949. The number of fused-ring (bicyclic) bond motifs is 4. The number of amides is 1. The van der Waals surface area contributed by atoms with E-state index in [1.165, 1.54) is 18.4 Å². The number of hydrogen-bond acceptors (Lipinski definition) is 3. The number of hydrogen-bond donors (Lipinski definition) is 0. The van der Waals surface area contributed by atoms with Crippen LogP contribution in [-0.2, 0) is 15.1 Å². The lowest BCUT2D eigenvalue weighted by molar-refractivity contribution is -0.174. The van der Waals surface area contributed by atoms with Gasteiger partial charge in [0.2, 0.25) is 0 Å². The molecule has 3 atom stereocenters. The molecule has 1 saturated carbocycles. The highest BCUT2D eigenvalue weighted by Crippen LogP contribution is 2.58. The molecule has 0 bridgehead atoms. The highest BCUT2D eigenvalue weighted by molar-refractivity contribution is 9.10. The standard InChI is InChI=1S/C26H26BrNO3/c27-22-10-5-11-23-24(22)26(25(29)28(23)15-17-12-13-17)21-9-4-6-18(21)14-20(31-26)16-30-19-7-2-1-3-8-19/h1-3,5-8,10-11,17,20-21H,4,9,12-16H2/t20-,21?,26+/m0/s1. The second kappa shape index (κ2) is 7.49. The zero-order valence-corrected chi connectivity index (χ0v) is 19.0. The summed E-state index contributed by atoms with van der Waals surface area (Å²) in [7, 11) is 0. The van der Waals surface area contributed by atoms with E-state index in [1.807, 2.05) is 47.4 Å². The fourth-order valence-electron chi connectivity index (χ4n) is 5.60. The van der Waals surface area contributed by atoms with Crippen LogP contribution in [0.4, 0.5) is 5.69 Å². The molecule has 1 unspecified atom stereocenters. The lowest BCUT2D eigenvalue weighted by Crippen LogP contribution is -2.53. The molecule has 0 radical (unpaired) electrons. The van der Waals surface area contributed by atoms with E-state index in [9.17, 15) is 4.79 Å². The summed E-state index contributed by atoms with van der Waals surface area (Å²) in [6.45, 7) is 1.23. The largest absolute Gasteiger partial charge is 0.491 e. The van der Waals surface area contributed by atoms with Gasteiger partial charge in [-0.3, -0.25) is 4.79 Å². The van der Waals surface area contributed by atoms with Crippen molar-refractivity contribution in [1.29, 1.82) is 0 Å². The summed E-state index contributed by atoms with van der Waals surface area (Å²) in [5, 5.41) is 0. The van der Waals surface area contributed by atoms with Crippen LogP contribution >= 0.6 is 15.9 Å². The number of benzene rings is 2. The van der Waals surface area contributed by atoms with Gasteiger partial charge in [0.15, 0.2) is 5.60 Å². The normalized spacial score (nSPS) is 29.1. The SMILES string of the molecule is O=C1N(CC2CC2)c2cccc(Br)c2[C@@]12O[C@H](COc1ccccc1)CC1=CCCC12. The summed E-state index contributed by atoms with van der Waals surface area (Å²) in [6.07, 6.45) is 7.39. The third kappa shape index (κ3) is 3.16. The first-order chi connectivity index (χ1) is 15.2. The molecule has 1 amide bonds. The molecule has 31 heavy (non-hydrogen) atoms. The molecule has 2 aromatic rings. The van der Waals surface area contributed by atoms with Gasteiger partial charge in [0.25, 0.3) is 5.91 Å². The lowest BCUT2D eigenvalue weighted by Gasteiger charge is -2.44. The molecule has 2 aliphatic heterocycles. The van der Waals surface area contributed by atoms with E-state index in [0.29, 0.717) is 12.5 Å². The van der Waals surface area contributed by atoms with Crippen LogP contribution in [0.3, 0.4) is 0 Å². The third-order valence-corrected chi connectivity index (χ3v) is 7.81. The van der Waals surface area contributed by atoms with Crippen molar-refractivity contribution < 1.29 is 14.3 Å². The molecular weight excluding hydrogens is 454 g/mol. The van der Waals surface area contributed by atoms with Crippen LogP contribution in [0.25, 0.3) is 0 Å². The van der Waals surface area contributed by atoms with Gasteiger partial charge in [-0.15, -0.1) is 0 Å². The second-order valence-corrected chi connectivity index (χ2v) is 10.1. The fraction of sp³-hybridized carbons (Fsp3) is 0.423. The Morgan fingerprint density at radius 1 is 1.10 bits per heavy atom. The van der Waals surface area contributed by atoms with Gasteiger partial charge in [0.1, 0.15) is 12.4 Å². The molecule has 2 heterocycles. The van der Waals surface area contributed by atoms with Crippen LogP contribution in [0.2, 0.25) is 0 Å². The van der Waals surface area contributed by atoms with Crippen molar-refractivity contribution in [3.05, 3.63) is 70.2 Å². The van der Waals surface area contributed by atoms with E-state index in [-0.39, 0.29) is 17.9 Å². The van der Waals surface area contributed by atoms with Crippen molar-refractivity contribution in [2.24, 2.45) is 11.8 Å². The number of carbonyl (C=O) groups excluding carboxylic acids is 1. The Balaban J connectivity index is 1.39. The quantitative estimate of drug-likeness (QED) is 0.523. The van der Waals surface area contributed by atoms with Crippen LogP contribution < -0.4 is 9.64 Å². The summed E-state index contributed by atoms with van der Waals surface area (Å²) in [6, 6.07) is 16.0. The van der Waals surface area contributed by atoms with Crippen molar-refractivity contribution in [1.82, 2.24) is 0 Å². The van der Waals surface area contributed by atoms with E-state index in [4.69, 9.17) is 9.47 Å². The molecule has 0 aromatic heterocycles. The van der Waals surface area contributed by atoms with Crippen LogP contribution in [-0.4, -0.2) is 25.2 Å². The molecule has 4 aliphatic rings. The number of nitrogens with zero attached hydrogens (tertiary/aromatic N) is 1. The van der Waals surface area contributed by atoms with E-state index < -0.39 is 5.60 Å². The maximum atomic E-state index is 14.1. The molecule has 1 saturated heterocycles. The summed E-state index contributed by atoms with van der Waals surface area (Å²) in [5.74, 6) is 1.67. The number of halogens is 1. The Kier molecular flexibility index (Phi) is 4.73. The predicted octanol–water partition coefficient (Wildman–Crippen LogP) is 5.61. The van der Waals surface area contributed by atoms with Crippen LogP contribution in [0.15, 0.2) is 64.7 Å². The van der Waals surface area contributed by atoms with Crippen LogP contribution in [0.5, 0.6) is 5.75 Å². The number of ether oxygens (including phenoxy) is 2. The van der Waals surface area contributed by atoms with E-state index in [1.54, 1.807) is 0 Å². The molecule has 4 nitrogen and oxygen atoms in total. The summed E-state index contributed by atoms with van der Waals surface area (Å²) in [4.78, 5) is 16.1. The molecule has 0 N–H and O–H groups in total. The highest BCUT2D eigenvalue weighted by Gasteiger charge is 2.62.